The highest BCUT2D eigenvalue weighted by atomic mass is 19.1. The summed E-state index contributed by atoms with van der Waals surface area (Å²) in [5, 5.41) is 17.7. The second-order valence-electron chi connectivity index (χ2n) is 4.03. The third kappa shape index (κ3) is 3.15. The lowest BCUT2D eigenvalue weighted by Crippen LogP contribution is -1.98. The van der Waals surface area contributed by atoms with Crippen LogP contribution in [0.4, 0.5) is 13.2 Å². The summed E-state index contributed by atoms with van der Waals surface area (Å²) in [4.78, 5) is 10.6. The first-order valence-corrected chi connectivity index (χ1v) is 5.61. The van der Waals surface area contributed by atoms with Crippen molar-refractivity contribution in [3.05, 3.63) is 64.5 Å². The predicted molar refractivity (Wildman–Crippen MR) is 67.4 cm³/mol. The van der Waals surface area contributed by atoms with Crippen LogP contribution in [0.25, 0.3) is 0 Å². The number of hydrogen-bond acceptors (Lipinski definition) is 2. The average Bonchev–Trinajstić information content (AvgIpc) is 2.38. The number of carboxylic acids is 1. The minimum absolute atomic E-state index is 0.202. The number of phenolic OH excluding ortho intramolecular Hbond substituents is 1. The summed E-state index contributed by atoms with van der Waals surface area (Å²) in [5.41, 5.74) is -1.08. The Hall–Kier alpha value is -2.94. The van der Waals surface area contributed by atoms with Crippen molar-refractivity contribution in [2.75, 3.05) is 0 Å². The molecule has 0 aliphatic heterocycles. The van der Waals surface area contributed by atoms with Gasteiger partial charge in [0.25, 0.3) is 0 Å². The van der Waals surface area contributed by atoms with Crippen LogP contribution in [-0.4, -0.2) is 16.2 Å². The van der Waals surface area contributed by atoms with Crippen molar-refractivity contribution < 1.29 is 28.2 Å². The molecule has 0 aliphatic carbocycles. The number of hydrogen-bond donors (Lipinski definition) is 2. The lowest BCUT2D eigenvalue weighted by atomic mass is 10.1. The standard InChI is InChI=1S/C15H7F3O3/c16-12-5-9(15(20)21)2-1-8(12)3-4-11-13(17)6-10(19)7-14(11)18/h1-2,5-7,19H,(H,20,21). The van der Waals surface area contributed by atoms with Crippen molar-refractivity contribution in [1.29, 1.82) is 0 Å². The van der Waals surface area contributed by atoms with Crippen LogP contribution in [0.1, 0.15) is 21.5 Å². The highest BCUT2D eigenvalue weighted by Crippen LogP contribution is 2.19. The van der Waals surface area contributed by atoms with Gasteiger partial charge < -0.3 is 10.2 Å². The molecule has 0 atom stereocenters. The van der Waals surface area contributed by atoms with Crippen molar-refractivity contribution in [2.45, 2.75) is 0 Å². The summed E-state index contributed by atoms with van der Waals surface area (Å²) < 4.78 is 40.4. The number of phenols is 1. The van der Waals surface area contributed by atoms with Gasteiger partial charge in [-0.3, -0.25) is 0 Å². The van der Waals surface area contributed by atoms with Gasteiger partial charge in [0.05, 0.1) is 16.7 Å². The Balaban J connectivity index is 2.43. The van der Waals surface area contributed by atoms with Gasteiger partial charge in [0.15, 0.2) is 0 Å². The highest BCUT2D eigenvalue weighted by Gasteiger charge is 2.10. The van der Waals surface area contributed by atoms with Gasteiger partial charge in [-0.1, -0.05) is 11.8 Å². The zero-order valence-corrected chi connectivity index (χ0v) is 10.3. The van der Waals surface area contributed by atoms with Crippen LogP contribution in [-0.2, 0) is 0 Å². The van der Waals surface area contributed by atoms with E-state index in [0.717, 1.165) is 18.2 Å². The van der Waals surface area contributed by atoms with E-state index in [1.54, 1.807) is 0 Å². The van der Waals surface area contributed by atoms with Crippen molar-refractivity contribution in [3.8, 4) is 17.6 Å². The van der Waals surface area contributed by atoms with E-state index in [-0.39, 0.29) is 11.1 Å². The molecule has 3 nitrogen and oxygen atoms in total. The molecule has 2 aromatic carbocycles. The maximum atomic E-state index is 13.6. The number of carbonyl (C=O) groups is 1. The second-order valence-corrected chi connectivity index (χ2v) is 4.03. The molecule has 106 valence electrons. The molecule has 0 saturated carbocycles. The summed E-state index contributed by atoms with van der Waals surface area (Å²) in [6.45, 7) is 0. The van der Waals surface area contributed by atoms with Crippen LogP contribution in [0, 0.1) is 29.3 Å². The van der Waals surface area contributed by atoms with Gasteiger partial charge in [-0.25, -0.2) is 18.0 Å². The molecule has 0 saturated heterocycles. The van der Waals surface area contributed by atoms with Crippen LogP contribution in [0.15, 0.2) is 30.3 Å². The number of carboxylic acid groups (broad SMARTS) is 1. The van der Waals surface area contributed by atoms with Gasteiger partial charge in [-0.05, 0) is 18.2 Å². The van der Waals surface area contributed by atoms with Crippen LogP contribution in [0.5, 0.6) is 5.75 Å². The third-order valence-corrected chi connectivity index (χ3v) is 2.57. The van der Waals surface area contributed by atoms with Crippen LogP contribution >= 0.6 is 0 Å². The summed E-state index contributed by atoms with van der Waals surface area (Å²) in [6.07, 6.45) is 0. The van der Waals surface area contributed by atoms with E-state index in [1.807, 2.05) is 0 Å². The van der Waals surface area contributed by atoms with E-state index in [1.165, 1.54) is 0 Å². The molecule has 0 amide bonds. The van der Waals surface area contributed by atoms with E-state index >= 15 is 0 Å². The topological polar surface area (TPSA) is 57.5 Å². The molecular weight excluding hydrogens is 285 g/mol. The fourth-order valence-electron chi connectivity index (χ4n) is 1.56. The Morgan fingerprint density at radius 1 is 0.952 bits per heavy atom. The fourth-order valence-corrected chi connectivity index (χ4v) is 1.56. The van der Waals surface area contributed by atoms with Crippen LogP contribution in [0.2, 0.25) is 0 Å². The van der Waals surface area contributed by atoms with E-state index in [4.69, 9.17) is 10.2 Å². The summed E-state index contributed by atoms with van der Waals surface area (Å²) >= 11 is 0. The number of halogens is 3. The minimum Gasteiger partial charge on any atom is -0.508 e. The second kappa shape index (κ2) is 5.59. The molecule has 2 aromatic rings. The third-order valence-electron chi connectivity index (χ3n) is 2.57. The molecule has 0 spiro atoms. The highest BCUT2D eigenvalue weighted by molar-refractivity contribution is 5.87. The predicted octanol–water partition coefficient (Wildman–Crippen LogP) is 2.91. The first kappa shape index (κ1) is 14.5. The largest absolute Gasteiger partial charge is 0.508 e. The molecule has 2 N–H and O–H groups in total. The fraction of sp³-hybridized carbons (Fsp3) is 0. The lowest BCUT2D eigenvalue weighted by molar-refractivity contribution is 0.0696. The minimum atomic E-state index is -1.30. The van der Waals surface area contributed by atoms with Gasteiger partial charge in [-0.2, -0.15) is 0 Å². The Morgan fingerprint density at radius 3 is 2.10 bits per heavy atom. The molecule has 0 bridgehead atoms. The number of rotatable bonds is 1. The molecule has 0 fully saturated rings. The van der Waals surface area contributed by atoms with Crippen molar-refractivity contribution >= 4 is 5.97 Å². The maximum absolute atomic E-state index is 13.6. The monoisotopic (exact) mass is 292 g/mol. The molecule has 21 heavy (non-hydrogen) atoms. The lowest BCUT2D eigenvalue weighted by Gasteiger charge is -1.99. The van der Waals surface area contributed by atoms with E-state index in [0.29, 0.717) is 12.1 Å². The Kier molecular flexibility index (Phi) is 3.85. The number of aromatic hydroxyl groups is 1. The Bertz CT molecular complexity index is 765. The van der Waals surface area contributed by atoms with Gasteiger partial charge in [0.2, 0.25) is 0 Å². The molecule has 0 radical (unpaired) electrons. The van der Waals surface area contributed by atoms with Crippen molar-refractivity contribution in [2.24, 2.45) is 0 Å². The molecule has 2 rings (SSSR count). The number of aromatic carboxylic acids is 1. The number of benzene rings is 2. The summed E-state index contributed by atoms with van der Waals surface area (Å²) in [5.74, 6) is -0.636. The molecule has 0 unspecified atom stereocenters. The molecule has 0 aromatic heterocycles. The van der Waals surface area contributed by atoms with Gasteiger partial charge in [0.1, 0.15) is 23.2 Å². The van der Waals surface area contributed by atoms with Crippen LogP contribution < -0.4 is 0 Å². The van der Waals surface area contributed by atoms with Gasteiger partial charge in [-0.15, -0.1) is 0 Å². The van der Waals surface area contributed by atoms with Crippen LogP contribution in [0.3, 0.4) is 0 Å². The quantitative estimate of drug-likeness (QED) is 0.795. The van der Waals surface area contributed by atoms with E-state index < -0.39 is 34.7 Å². The first-order valence-electron chi connectivity index (χ1n) is 5.61. The molecule has 6 heteroatoms. The molecular formula is C15H7F3O3. The van der Waals surface area contributed by atoms with E-state index in [9.17, 15) is 18.0 Å². The summed E-state index contributed by atoms with van der Waals surface area (Å²) in [7, 11) is 0. The Morgan fingerprint density at radius 2 is 1.57 bits per heavy atom. The zero-order valence-electron chi connectivity index (χ0n) is 10.3. The first-order chi connectivity index (χ1) is 9.88. The SMILES string of the molecule is O=C(O)c1ccc(C#Cc2c(F)cc(O)cc2F)c(F)c1. The van der Waals surface area contributed by atoms with Crippen molar-refractivity contribution in [3.63, 3.8) is 0 Å². The van der Waals surface area contributed by atoms with Gasteiger partial charge >= 0.3 is 5.97 Å². The zero-order chi connectivity index (χ0) is 15.6. The summed E-state index contributed by atoms with van der Waals surface area (Å²) in [6, 6.07) is 4.34. The normalized spacial score (nSPS) is 9.86. The smallest absolute Gasteiger partial charge is 0.335 e. The molecule has 0 aliphatic rings. The maximum Gasteiger partial charge on any atom is 0.335 e. The van der Waals surface area contributed by atoms with Gasteiger partial charge in [0, 0.05) is 12.1 Å². The Labute approximate surface area is 117 Å². The van der Waals surface area contributed by atoms with E-state index in [2.05, 4.69) is 11.8 Å². The molecule has 0 heterocycles. The van der Waals surface area contributed by atoms with Crippen molar-refractivity contribution in [1.82, 2.24) is 0 Å². The average molecular weight is 292 g/mol.